The first-order valence-corrected chi connectivity index (χ1v) is 6.66. The molecule has 19 heavy (non-hydrogen) atoms. The van der Waals surface area contributed by atoms with Gasteiger partial charge >= 0.3 is 5.97 Å². The molecule has 0 aliphatic heterocycles. The van der Waals surface area contributed by atoms with E-state index in [-0.39, 0.29) is 5.41 Å². The maximum absolute atomic E-state index is 11.2. The van der Waals surface area contributed by atoms with Gasteiger partial charge in [0.05, 0.1) is 0 Å². The summed E-state index contributed by atoms with van der Waals surface area (Å²) < 4.78 is 0. The monoisotopic (exact) mass is 264 g/mol. The van der Waals surface area contributed by atoms with E-state index in [0.29, 0.717) is 13.0 Å². The molecule has 0 spiro atoms. The van der Waals surface area contributed by atoms with Crippen LogP contribution in [0.5, 0.6) is 0 Å². The predicted molar refractivity (Wildman–Crippen MR) is 75.9 cm³/mol. The van der Waals surface area contributed by atoms with Gasteiger partial charge in [-0.2, -0.15) is 0 Å². The minimum Gasteiger partial charge on any atom is -0.480 e. The molecule has 0 aliphatic carbocycles. The Morgan fingerprint density at radius 2 is 2.11 bits per heavy atom. The maximum Gasteiger partial charge on any atom is 0.320 e. The fourth-order valence-corrected chi connectivity index (χ4v) is 1.73. The average Bonchev–Trinajstić information content (AvgIpc) is 2.29. The highest BCUT2D eigenvalue weighted by atomic mass is 16.4. The third-order valence-electron chi connectivity index (χ3n) is 3.01. The summed E-state index contributed by atoms with van der Waals surface area (Å²) in [6, 6.07) is 3.40. The quantitative estimate of drug-likeness (QED) is 0.829. The second-order valence-corrected chi connectivity index (χ2v) is 6.18. The number of aryl methyl sites for hydroxylation is 1. The summed E-state index contributed by atoms with van der Waals surface area (Å²) in [5.41, 5.74) is 2.12. The van der Waals surface area contributed by atoms with Crippen molar-refractivity contribution in [2.45, 2.75) is 53.1 Å². The van der Waals surface area contributed by atoms with Gasteiger partial charge in [0.1, 0.15) is 6.04 Å². The van der Waals surface area contributed by atoms with Crippen molar-refractivity contribution in [2.24, 2.45) is 5.41 Å². The first-order chi connectivity index (χ1) is 8.78. The van der Waals surface area contributed by atoms with Crippen molar-refractivity contribution < 1.29 is 9.90 Å². The van der Waals surface area contributed by atoms with Crippen LogP contribution in [0.1, 0.15) is 44.9 Å². The zero-order valence-electron chi connectivity index (χ0n) is 12.2. The SMILES string of the molecule is Cc1ccc(CN[C@@H](CCC(C)(C)C)C(=O)O)cn1. The second kappa shape index (κ2) is 6.66. The third-order valence-corrected chi connectivity index (χ3v) is 3.01. The van der Waals surface area contributed by atoms with Crippen LogP contribution in [-0.4, -0.2) is 22.1 Å². The molecule has 1 aromatic rings. The van der Waals surface area contributed by atoms with Gasteiger partial charge in [-0.15, -0.1) is 0 Å². The van der Waals surface area contributed by atoms with Crippen LogP contribution in [0.25, 0.3) is 0 Å². The first kappa shape index (κ1) is 15.6. The summed E-state index contributed by atoms with van der Waals surface area (Å²) >= 11 is 0. The number of aliphatic carboxylic acids is 1. The van der Waals surface area contributed by atoms with Gasteiger partial charge in [0.25, 0.3) is 0 Å². The van der Waals surface area contributed by atoms with Crippen molar-refractivity contribution in [1.82, 2.24) is 10.3 Å². The molecule has 0 saturated heterocycles. The third kappa shape index (κ3) is 6.34. The Hall–Kier alpha value is -1.42. The van der Waals surface area contributed by atoms with Gasteiger partial charge in [-0.3, -0.25) is 9.78 Å². The minimum absolute atomic E-state index is 0.154. The van der Waals surface area contributed by atoms with Crippen molar-refractivity contribution in [3.63, 3.8) is 0 Å². The topological polar surface area (TPSA) is 62.2 Å². The minimum atomic E-state index is -0.788. The van der Waals surface area contributed by atoms with E-state index in [9.17, 15) is 9.90 Å². The molecule has 1 heterocycles. The predicted octanol–water partition coefficient (Wildman–Crippen LogP) is 2.76. The summed E-state index contributed by atoms with van der Waals surface area (Å²) in [7, 11) is 0. The number of hydrogen-bond acceptors (Lipinski definition) is 3. The molecule has 2 N–H and O–H groups in total. The van der Waals surface area contributed by atoms with E-state index in [1.54, 1.807) is 6.20 Å². The summed E-state index contributed by atoms with van der Waals surface area (Å²) in [5.74, 6) is -0.788. The molecule has 0 aliphatic rings. The zero-order valence-corrected chi connectivity index (χ0v) is 12.2. The van der Waals surface area contributed by atoms with Crippen LogP contribution in [0.15, 0.2) is 18.3 Å². The largest absolute Gasteiger partial charge is 0.480 e. The summed E-state index contributed by atoms with van der Waals surface area (Å²) in [5, 5.41) is 12.3. The Morgan fingerprint density at radius 3 is 2.58 bits per heavy atom. The standard InChI is InChI=1S/C15H24N2O2/c1-11-5-6-12(9-16-11)10-17-13(14(18)19)7-8-15(2,3)4/h5-6,9,13,17H,7-8,10H2,1-4H3,(H,18,19)/t13-/m0/s1. The molecule has 0 fully saturated rings. The van der Waals surface area contributed by atoms with Crippen LogP contribution in [0, 0.1) is 12.3 Å². The molecule has 0 unspecified atom stereocenters. The normalized spacial score (nSPS) is 13.3. The lowest BCUT2D eigenvalue weighted by Crippen LogP contribution is -2.37. The van der Waals surface area contributed by atoms with Crippen LogP contribution in [0.3, 0.4) is 0 Å². The summed E-state index contributed by atoms with van der Waals surface area (Å²) in [6.45, 7) is 8.83. The molecule has 0 aromatic carbocycles. The van der Waals surface area contributed by atoms with Crippen LogP contribution >= 0.6 is 0 Å². The summed E-state index contributed by atoms with van der Waals surface area (Å²) in [6.07, 6.45) is 3.30. The second-order valence-electron chi connectivity index (χ2n) is 6.18. The Bertz CT molecular complexity index is 407. The van der Waals surface area contributed by atoms with Crippen LogP contribution in [-0.2, 0) is 11.3 Å². The van der Waals surface area contributed by atoms with E-state index in [0.717, 1.165) is 17.7 Å². The lowest BCUT2D eigenvalue weighted by Gasteiger charge is -2.21. The molecular weight excluding hydrogens is 240 g/mol. The number of nitrogens with zero attached hydrogens (tertiary/aromatic N) is 1. The highest BCUT2D eigenvalue weighted by Gasteiger charge is 2.20. The highest BCUT2D eigenvalue weighted by Crippen LogP contribution is 2.21. The van der Waals surface area contributed by atoms with Crippen molar-refractivity contribution >= 4 is 5.97 Å². The summed E-state index contributed by atoms with van der Waals surface area (Å²) in [4.78, 5) is 15.4. The highest BCUT2D eigenvalue weighted by molar-refractivity contribution is 5.73. The Labute approximate surface area is 115 Å². The van der Waals surface area contributed by atoms with Crippen LogP contribution < -0.4 is 5.32 Å². The van der Waals surface area contributed by atoms with Gasteiger partial charge in [-0.25, -0.2) is 0 Å². The number of nitrogens with one attached hydrogen (secondary N) is 1. The molecule has 106 valence electrons. The van der Waals surface area contributed by atoms with E-state index >= 15 is 0 Å². The lowest BCUT2D eigenvalue weighted by molar-refractivity contribution is -0.139. The van der Waals surface area contributed by atoms with Gasteiger partial charge in [0, 0.05) is 18.4 Å². The van der Waals surface area contributed by atoms with Crippen molar-refractivity contribution in [2.75, 3.05) is 0 Å². The van der Waals surface area contributed by atoms with Crippen molar-refractivity contribution in [3.05, 3.63) is 29.6 Å². The molecule has 1 atom stereocenters. The molecule has 0 saturated carbocycles. The van der Waals surface area contributed by atoms with Crippen LogP contribution in [0.2, 0.25) is 0 Å². The number of carboxylic acid groups (broad SMARTS) is 1. The molecule has 4 nitrogen and oxygen atoms in total. The molecule has 1 aromatic heterocycles. The van der Waals surface area contributed by atoms with Gasteiger partial charge < -0.3 is 10.4 Å². The number of carbonyl (C=O) groups is 1. The molecule has 0 amide bonds. The number of aromatic nitrogens is 1. The van der Waals surface area contributed by atoms with Gasteiger partial charge in [-0.1, -0.05) is 26.8 Å². The Balaban J connectivity index is 2.50. The van der Waals surface area contributed by atoms with E-state index in [2.05, 4.69) is 31.1 Å². The van der Waals surface area contributed by atoms with Crippen molar-refractivity contribution in [1.29, 1.82) is 0 Å². The smallest absolute Gasteiger partial charge is 0.320 e. The van der Waals surface area contributed by atoms with Gasteiger partial charge in [-0.05, 0) is 36.8 Å². The molecule has 0 bridgehead atoms. The van der Waals surface area contributed by atoms with Crippen LogP contribution in [0.4, 0.5) is 0 Å². The number of hydrogen-bond donors (Lipinski definition) is 2. The zero-order chi connectivity index (χ0) is 14.5. The van der Waals surface area contributed by atoms with Gasteiger partial charge in [0.15, 0.2) is 0 Å². The molecule has 0 radical (unpaired) electrons. The number of carboxylic acids is 1. The van der Waals surface area contributed by atoms with Gasteiger partial charge in [0.2, 0.25) is 0 Å². The lowest BCUT2D eigenvalue weighted by atomic mass is 9.88. The van der Waals surface area contributed by atoms with E-state index in [1.165, 1.54) is 0 Å². The maximum atomic E-state index is 11.2. The number of pyridine rings is 1. The fraction of sp³-hybridized carbons (Fsp3) is 0.600. The molecule has 1 rings (SSSR count). The fourth-order valence-electron chi connectivity index (χ4n) is 1.73. The van der Waals surface area contributed by atoms with Crippen molar-refractivity contribution in [3.8, 4) is 0 Å². The molecular formula is C15H24N2O2. The Morgan fingerprint density at radius 1 is 1.42 bits per heavy atom. The first-order valence-electron chi connectivity index (χ1n) is 6.66. The van der Waals surface area contributed by atoms with E-state index in [4.69, 9.17) is 0 Å². The van der Waals surface area contributed by atoms with E-state index < -0.39 is 12.0 Å². The van der Waals surface area contributed by atoms with E-state index in [1.807, 2.05) is 19.1 Å². The Kier molecular flexibility index (Phi) is 5.48. The number of rotatable bonds is 6. The average molecular weight is 264 g/mol. The molecule has 4 heteroatoms.